The maximum absolute atomic E-state index is 11.8. The van der Waals surface area contributed by atoms with Gasteiger partial charge in [0.1, 0.15) is 0 Å². The van der Waals surface area contributed by atoms with Crippen molar-refractivity contribution in [1.29, 1.82) is 0 Å². The SMILES string of the molecule is CCNC(=NCc1ccc2c(c1)OCO2)N1CCN(C(=O)OCC)CC1. The van der Waals surface area contributed by atoms with Gasteiger partial charge in [-0.1, -0.05) is 6.07 Å². The minimum absolute atomic E-state index is 0.241. The molecule has 0 radical (unpaired) electrons. The van der Waals surface area contributed by atoms with Crippen molar-refractivity contribution in [2.24, 2.45) is 4.99 Å². The molecular weight excluding hydrogens is 336 g/mol. The van der Waals surface area contributed by atoms with Crippen LogP contribution in [0.15, 0.2) is 23.2 Å². The monoisotopic (exact) mass is 362 g/mol. The lowest BCUT2D eigenvalue weighted by atomic mass is 10.2. The largest absolute Gasteiger partial charge is 0.454 e. The molecule has 1 fully saturated rings. The topological polar surface area (TPSA) is 75.6 Å². The predicted octanol–water partition coefficient (Wildman–Crippen LogP) is 1.65. The number of carbonyl (C=O) groups excluding carboxylic acids is 1. The zero-order valence-electron chi connectivity index (χ0n) is 15.4. The lowest BCUT2D eigenvalue weighted by molar-refractivity contribution is 0.0914. The second kappa shape index (κ2) is 8.64. The molecule has 3 rings (SSSR count). The number of hydrogen-bond acceptors (Lipinski definition) is 5. The van der Waals surface area contributed by atoms with Crippen molar-refractivity contribution in [3.05, 3.63) is 23.8 Å². The molecule has 1 saturated heterocycles. The first-order chi connectivity index (χ1) is 12.7. The molecule has 0 aromatic heterocycles. The molecule has 2 aliphatic rings. The molecule has 1 aromatic rings. The summed E-state index contributed by atoms with van der Waals surface area (Å²) < 4.78 is 15.8. The molecule has 0 saturated carbocycles. The molecule has 0 bridgehead atoms. The van der Waals surface area contributed by atoms with E-state index in [0.29, 0.717) is 26.2 Å². The third-order valence-corrected chi connectivity index (χ3v) is 4.29. The van der Waals surface area contributed by atoms with Crippen LogP contribution in [0.2, 0.25) is 0 Å². The highest BCUT2D eigenvalue weighted by atomic mass is 16.7. The number of hydrogen-bond donors (Lipinski definition) is 1. The van der Waals surface area contributed by atoms with Crippen LogP contribution < -0.4 is 14.8 Å². The summed E-state index contributed by atoms with van der Waals surface area (Å²) in [5.74, 6) is 2.40. The van der Waals surface area contributed by atoms with Crippen molar-refractivity contribution in [2.45, 2.75) is 20.4 Å². The van der Waals surface area contributed by atoms with Gasteiger partial charge in [0.2, 0.25) is 6.79 Å². The Kier molecular flexibility index (Phi) is 6.04. The van der Waals surface area contributed by atoms with E-state index in [0.717, 1.165) is 42.7 Å². The van der Waals surface area contributed by atoms with Crippen LogP contribution in [-0.4, -0.2) is 68.0 Å². The Morgan fingerprint density at radius 2 is 1.88 bits per heavy atom. The maximum atomic E-state index is 11.8. The van der Waals surface area contributed by atoms with E-state index in [9.17, 15) is 4.79 Å². The molecule has 1 aromatic carbocycles. The highest BCUT2D eigenvalue weighted by Gasteiger charge is 2.23. The quantitative estimate of drug-likeness (QED) is 0.648. The number of nitrogens with zero attached hydrogens (tertiary/aromatic N) is 3. The molecule has 1 N–H and O–H groups in total. The highest BCUT2D eigenvalue weighted by molar-refractivity contribution is 5.80. The van der Waals surface area contributed by atoms with Crippen LogP contribution in [0.25, 0.3) is 0 Å². The second-order valence-corrected chi connectivity index (χ2v) is 6.03. The molecule has 0 atom stereocenters. The summed E-state index contributed by atoms with van der Waals surface area (Å²) in [6.07, 6.45) is -0.241. The Bertz CT molecular complexity index is 657. The van der Waals surface area contributed by atoms with Gasteiger partial charge in [-0.05, 0) is 31.5 Å². The van der Waals surface area contributed by atoms with E-state index in [4.69, 9.17) is 19.2 Å². The number of fused-ring (bicyclic) bond motifs is 1. The zero-order valence-corrected chi connectivity index (χ0v) is 15.4. The molecule has 0 aliphatic carbocycles. The average Bonchev–Trinajstić information content (AvgIpc) is 3.13. The normalized spacial score (nSPS) is 16.6. The first kappa shape index (κ1) is 18.2. The molecule has 8 heteroatoms. The fraction of sp³-hybridized carbons (Fsp3) is 0.556. The minimum atomic E-state index is -0.241. The summed E-state index contributed by atoms with van der Waals surface area (Å²) in [5, 5.41) is 3.33. The number of benzene rings is 1. The number of ether oxygens (including phenoxy) is 3. The number of rotatable bonds is 4. The molecule has 1 amide bonds. The number of nitrogens with one attached hydrogen (secondary N) is 1. The van der Waals surface area contributed by atoms with Gasteiger partial charge in [0.05, 0.1) is 13.2 Å². The summed E-state index contributed by atoms with van der Waals surface area (Å²) >= 11 is 0. The van der Waals surface area contributed by atoms with Crippen LogP contribution in [0.1, 0.15) is 19.4 Å². The minimum Gasteiger partial charge on any atom is -0.454 e. The number of aliphatic imine (C=N–C) groups is 1. The van der Waals surface area contributed by atoms with Gasteiger partial charge < -0.3 is 29.3 Å². The van der Waals surface area contributed by atoms with Crippen molar-refractivity contribution >= 4 is 12.1 Å². The highest BCUT2D eigenvalue weighted by Crippen LogP contribution is 2.32. The Morgan fingerprint density at radius 3 is 2.62 bits per heavy atom. The van der Waals surface area contributed by atoms with Crippen LogP contribution in [0.4, 0.5) is 4.79 Å². The van der Waals surface area contributed by atoms with Crippen molar-refractivity contribution < 1.29 is 19.0 Å². The van der Waals surface area contributed by atoms with Gasteiger partial charge in [0.15, 0.2) is 17.5 Å². The Hall–Kier alpha value is -2.64. The van der Waals surface area contributed by atoms with Crippen molar-refractivity contribution in [1.82, 2.24) is 15.1 Å². The molecule has 142 valence electrons. The van der Waals surface area contributed by atoms with E-state index >= 15 is 0 Å². The first-order valence-corrected chi connectivity index (χ1v) is 9.04. The van der Waals surface area contributed by atoms with E-state index in [1.165, 1.54) is 0 Å². The van der Waals surface area contributed by atoms with E-state index in [-0.39, 0.29) is 12.9 Å². The van der Waals surface area contributed by atoms with Gasteiger partial charge >= 0.3 is 6.09 Å². The van der Waals surface area contributed by atoms with Crippen LogP contribution in [0.3, 0.4) is 0 Å². The van der Waals surface area contributed by atoms with Gasteiger partial charge in [-0.25, -0.2) is 9.79 Å². The van der Waals surface area contributed by atoms with Crippen LogP contribution in [0, 0.1) is 0 Å². The third kappa shape index (κ3) is 4.30. The number of amides is 1. The van der Waals surface area contributed by atoms with Crippen LogP contribution in [-0.2, 0) is 11.3 Å². The molecular formula is C18H26N4O4. The third-order valence-electron chi connectivity index (χ3n) is 4.29. The molecule has 0 spiro atoms. The fourth-order valence-corrected chi connectivity index (χ4v) is 2.95. The van der Waals surface area contributed by atoms with Crippen LogP contribution >= 0.6 is 0 Å². The standard InChI is InChI=1S/C18H26N4O4/c1-3-19-17(21-7-9-22(10-8-21)18(23)24-4-2)20-12-14-5-6-15-16(11-14)26-13-25-15/h5-6,11H,3-4,7-10,12-13H2,1-2H3,(H,19,20). The fourth-order valence-electron chi connectivity index (χ4n) is 2.95. The summed E-state index contributed by atoms with van der Waals surface area (Å²) in [5.41, 5.74) is 1.06. The molecule has 8 nitrogen and oxygen atoms in total. The molecule has 26 heavy (non-hydrogen) atoms. The average molecular weight is 362 g/mol. The van der Waals surface area contributed by atoms with Gasteiger partial charge in [0, 0.05) is 32.7 Å². The number of carbonyl (C=O) groups is 1. The summed E-state index contributed by atoms with van der Waals surface area (Å²) in [4.78, 5) is 20.5. The summed E-state index contributed by atoms with van der Waals surface area (Å²) in [6, 6.07) is 5.88. The lowest BCUT2D eigenvalue weighted by Crippen LogP contribution is -2.53. The first-order valence-electron chi connectivity index (χ1n) is 9.04. The van der Waals surface area contributed by atoms with E-state index in [2.05, 4.69) is 10.2 Å². The predicted molar refractivity (Wildman–Crippen MR) is 97.5 cm³/mol. The van der Waals surface area contributed by atoms with Crippen LogP contribution in [0.5, 0.6) is 11.5 Å². The summed E-state index contributed by atoms with van der Waals surface area (Å²) in [6.45, 7) is 8.60. The van der Waals surface area contributed by atoms with Gasteiger partial charge in [0.25, 0.3) is 0 Å². The van der Waals surface area contributed by atoms with Gasteiger partial charge in [-0.3, -0.25) is 0 Å². The molecule has 2 aliphatic heterocycles. The van der Waals surface area contributed by atoms with Gasteiger partial charge in [-0.15, -0.1) is 0 Å². The maximum Gasteiger partial charge on any atom is 0.409 e. The second-order valence-electron chi connectivity index (χ2n) is 6.03. The van der Waals surface area contributed by atoms with E-state index < -0.39 is 0 Å². The Morgan fingerprint density at radius 1 is 1.15 bits per heavy atom. The number of guanidine groups is 1. The van der Waals surface area contributed by atoms with Crippen molar-refractivity contribution in [2.75, 3.05) is 46.1 Å². The van der Waals surface area contributed by atoms with Crippen molar-refractivity contribution in [3.8, 4) is 11.5 Å². The van der Waals surface area contributed by atoms with Gasteiger partial charge in [-0.2, -0.15) is 0 Å². The lowest BCUT2D eigenvalue weighted by Gasteiger charge is -2.35. The number of piperazine rings is 1. The van der Waals surface area contributed by atoms with E-state index in [1.807, 2.05) is 32.0 Å². The Balaban J connectivity index is 1.60. The van der Waals surface area contributed by atoms with Crippen molar-refractivity contribution in [3.63, 3.8) is 0 Å². The molecule has 2 heterocycles. The zero-order chi connectivity index (χ0) is 18.4. The smallest absolute Gasteiger partial charge is 0.409 e. The summed E-state index contributed by atoms with van der Waals surface area (Å²) in [7, 11) is 0. The van der Waals surface area contributed by atoms with E-state index in [1.54, 1.807) is 4.90 Å². The Labute approximate surface area is 153 Å². The molecule has 0 unspecified atom stereocenters.